The van der Waals surface area contributed by atoms with Crippen LogP contribution in [0.2, 0.25) is 0 Å². The summed E-state index contributed by atoms with van der Waals surface area (Å²) in [5.74, 6) is -9.58. The lowest BCUT2D eigenvalue weighted by molar-refractivity contribution is -0.339. The molecular formula is C40H44O22. The van der Waals surface area contributed by atoms with Gasteiger partial charge in [-0.15, -0.1) is 6.58 Å². The molecule has 13 atom stereocenters. The number of para-hydroxylation sites is 2. The number of rotatable bonds is 13. The number of hydrogen-bond acceptors (Lipinski definition) is 22. The minimum atomic E-state index is -1.99. The van der Waals surface area contributed by atoms with Crippen molar-refractivity contribution in [2.24, 2.45) is 11.8 Å². The Morgan fingerprint density at radius 3 is 2.11 bits per heavy atom. The maximum Gasteiger partial charge on any atom is 0.342 e. The van der Waals surface area contributed by atoms with Gasteiger partial charge in [0, 0.05) is 25.7 Å². The van der Waals surface area contributed by atoms with Crippen LogP contribution in [0.25, 0.3) is 0 Å². The number of ether oxygens (including phenoxy) is 10. The summed E-state index contributed by atoms with van der Waals surface area (Å²) in [5, 5.41) is 72.4. The average Bonchev–Trinajstić information content (AvgIpc) is 3.23. The van der Waals surface area contributed by atoms with Crippen LogP contribution in [0.4, 0.5) is 0 Å². The number of hydrogen-bond donors (Lipinski definition) is 7. The summed E-state index contributed by atoms with van der Waals surface area (Å²) in [6, 6.07) is 6.73. The summed E-state index contributed by atoms with van der Waals surface area (Å²) >= 11 is 0. The number of cyclic esters (lactones) is 1. The average molecular weight is 877 g/mol. The van der Waals surface area contributed by atoms with Crippen molar-refractivity contribution < 1.29 is 107 Å². The zero-order chi connectivity index (χ0) is 45.0. The fraction of sp³-hybridized carbons (Fsp3) is 0.475. The van der Waals surface area contributed by atoms with Crippen molar-refractivity contribution in [2.45, 2.75) is 88.0 Å². The van der Waals surface area contributed by atoms with Crippen LogP contribution in [0.5, 0.6) is 23.0 Å². The van der Waals surface area contributed by atoms with Crippen molar-refractivity contribution in [3.63, 3.8) is 0 Å². The molecule has 4 heterocycles. The van der Waals surface area contributed by atoms with Crippen LogP contribution in [0.3, 0.4) is 0 Å². The van der Waals surface area contributed by atoms with Crippen LogP contribution < -0.4 is 4.74 Å². The number of benzene rings is 2. The molecule has 4 aliphatic heterocycles. The molecule has 0 saturated carbocycles. The van der Waals surface area contributed by atoms with Crippen LogP contribution in [0, 0.1) is 11.8 Å². The maximum absolute atomic E-state index is 14.1. The maximum atomic E-state index is 14.1. The highest BCUT2D eigenvalue weighted by atomic mass is 16.8. The molecule has 336 valence electrons. The van der Waals surface area contributed by atoms with E-state index in [0.29, 0.717) is 6.42 Å². The van der Waals surface area contributed by atoms with E-state index in [1.807, 2.05) is 0 Å². The van der Waals surface area contributed by atoms with Gasteiger partial charge in [-0.1, -0.05) is 18.2 Å². The van der Waals surface area contributed by atoms with Crippen molar-refractivity contribution in [1.29, 1.82) is 0 Å². The Morgan fingerprint density at radius 2 is 1.45 bits per heavy atom. The summed E-state index contributed by atoms with van der Waals surface area (Å²) < 4.78 is 56.6. The van der Waals surface area contributed by atoms with E-state index in [0.717, 1.165) is 44.4 Å². The quantitative estimate of drug-likeness (QED) is 0.0581. The molecule has 0 amide bonds. The van der Waals surface area contributed by atoms with Gasteiger partial charge in [0.15, 0.2) is 41.3 Å². The van der Waals surface area contributed by atoms with Crippen LogP contribution in [-0.4, -0.2) is 153 Å². The highest BCUT2D eigenvalue weighted by Crippen LogP contribution is 2.41. The molecule has 6 rings (SSSR count). The van der Waals surface area contributed by atoms with Gasteiger partial charge in [-0.25, -0.2) is 14.4 Å². The number of fused-ring (bicyclic) bond motifs is 1. The van der Waals surface area contributed by atoms with Crippen LogP contribution in [-0.2, 0) is 57.0 Å². The Morgan fingerprint density at radius 1 is 0.790 bits per heavy atom. The molecule has 3 saturated heterocycles. The molecule has 3 fully saturated rings. The number of aliphatic hydroxyl groups excluding tert-OH is 4. The number of carbonyl (C=O) groups is 5. The molecule has 0 bridgehead atoms. The largest absolute Gasteiger partial charge is 0.504 e. The summed E-state index contributed by atoms with van der Waals surface area (Å²) in [6.45, 7) is 4.40. The number of phenolic OH excluding ortho intramolecular Hbond substituents is 3. The Balaban J connectivity index is 1.37. The normalized spacial score (nSPS) is 31.7. The zero-order valence-electron chi connectivity index (χ0n) is 32.9. The number of phenols is 3. The van der Waals surface area contributed by atoms with Crippen molar-refractivity contribution in [3.8, 4) is 23.0 Å². The minimum absolute atomic E-state index is 0.0731. The first-order valence-electron chi connectivity index (χ1n) is 19.0. The standard InChI is InChI=1S/C40H44O22/c1-4-18-19-11-12-53-35(50)22(19)14-55-38(18)62-40-34(56-17(3)43)33(61-36(51)20-7-5-9-23(44)27(20)45)32(26(59-40)15-54-16(2)42)60-37(52)21-8-6-10-24(28(21)46)57-39-31(49)30(48)29(47)25(13-41)58-39/h4-10,14,18-19,25-26,29-34,38-41,44-49H,1,11-13,15H2,2-3H3. The fourth-order valence-electron chi connectivity index (χ4n) is 7.21. The van der Waals surface area contributed by atoms with E-state index in [4.69, 9.17) is 47.4 Å². The van der Waals surface area contributed by atoms with E-state index >= 15 is 0 Å². The lowest BCUT2D eigenvalue weighted by Gasteiger charge is -2.46. The molecule has 62 heavy (non-hydrogen) atoms. The third-order valence-corrected chi connectivity index (χ3v) is 10.3. The van der Waals surface area contributed by atoms with Gasteiger partial charge in [-0.3, -0.25) is 9.59 Å². The third kappa shape index (κ3) is 9.55. The first-order valence-corrected chi connectivity index (χ1v) is 19.0. The van der Waals surface area contributed by atoms with E-state index in [2.05, 4.69) is 6.58 Å². The van der Waals surface area contributed by atoms with Crippen molar-refractivity contribution in [1.82, 2.24) is 0 Å². The summed E-state index contributed by atoms with van der Waals surface area (Å²) in [5.41, 5.74) is -1.04. The van der Waals surface area contributed by atoms with Crippen molar-refractivity contribution in [2.75, 3.05) is 19.8 Å². The first kappa shape index (κ1) is 45.5. The number of aliphatic hydroxyl groups is 4. The molecule has 2 aromatic rings. The molecule has 0 aliphatic carbocycles. The molecule has 0 spiro atoms. The van der Waals surface area contributed by atoms with Gasteiger partial charge >= 0.3 is 29.8 Å². The monoisotopic (exact) mass is 876 g/mol. The Bertz CT molecular complexity index is 2050. The van der Waals surface area contributed by atoms with E-state index in [1.54, 1.807) is 0 Å². The minimum Gasteiger partial charge on any atom is -0.504 e. The second kappa shape index (κ2) is 19.4. The topological polar surface area (TPSA) is 319 Å². The molecule has 2 aromatic carbocycles. The predicted molar refractivity (Wildman–Crippen MR) is 198 cm³/mol. The summed E-state index contributed by atoms with van der Waals surface area (Å²) in [6.07, 6.45) is -16.3. The molecular weight excluding hydrogens is 832 g/mol. The summed E-state index contributed by atoms with van der Waals surface area (Å²) in [4.78, 5) is 65.2. The Kier molecular flexibility index (Phi) is 14.2. The Labute approximate surface area is 351 Å². The molecule has 0 radical (unpaired) electrons. The van der Waals surface area contributed by atoms with E-state index in [1.165, 1.54) is 18.2 Å². The van der Waals surface area contributed by atoms with Gasteiger partial charge in [0.05, 0.1) is 25.0 Å². The lowest BCUT2D eigenvalue weighted by atomic mass is 9.81. The van der Waals surface area contributed by atoms with E-state index in [-0.39, 0.29) is 12.2 Å². The van der Waals surface area contributed by atoms with Crippen LogP contribution in [0.15, 0.2) is 60.9 Å². The van der Waals surface area contributed by atoms with Gasteiger partial charge in [0.2, 0.25) is 18.9 Å². The second-order valence-electron chi connectivity index (χ2n) is 14.4. The fourth-order valence-corrected chi connectivity index (χ4v) is 7.21. The smallest absolute Gasteiger partial charge is 0.342 e. The van der Waals surface area contributed by atoms with Crippen molar-refractivity contribution >= 4 is 29.8 Å². The highest BCUT2D eigenvalue weighted by molar-refractivity contribution is 5.94. The molecule has 4 aliphatic rings. The zero-order valence-corrected chi connectivity index (χ0v) is 32.9. The molecule has 0 aromatic heterocycles. The van der Waals surface area contributed by atoms with Gasteiger partial charge in [-0.05, 0) is 30.7 Å². The van der Waals surface area contributed by atoms with Crippen LogP contribution >= 0.6 is 0 Å². The van der Waals surface area contributed by atoms with Gasteiger partial charge in [0.25, 0.3) is 0 Å². The van der Waals surface area contributed by atoms with Gasteiger partial charge < -0.3 is 83.1 Å². The Hall–Kier alpha value is -6.01. The van der Waals surface area contributed by atoms with Gasteiger partial charge in [-0.2, -0.15) is 0 Å². The highest BCUT2D eigenvalue weighted by Gasteiger charge is 2.55. The lowest BCUT2D eigenvalue weighted by Crippen LogP contribution is -2.64. The van der Waals surface area contributed by atoms with Crippen LogP contribution in [0.1, 0.15) is 41.0 Å². The second-order valence-corrected chi connectivity index (χ2v) is 14.4. The summed E-state index contributed by atoms with van der Waals surface area (Å²) in [7, 11) is 0. The molecule has 22 heteroatoms. The number of carbonyl (C=O) groups excluding carboxylic acids is 5. The van der Waals surface area contributed by atoms with E-state index in [9.17, 15) is 59.7 Å². The molecule has 22 nitrogen and oxygen atoms in total. The number of aromatic hydroxyl groups is 3. The predicted octanol–water partition coefficient (Wildman–Crippen LogP) is -0.425. The third-order valence-electron chi connectivity index (χ3n) is 10.3. The van der Waals surface area contributed by atoms with E-state index < -0.39 is 157 Å². The number of esters is 5. The molecule has 13 unspecified atom stereocenters. The first-order chi connectivity index (χ1) is 29.5. The SMILES string of the molecule is C=CC1C(OC2OC(COC(C)=O)C(OC(=O)c3cccc(OC4OC(CO)C(O)C(O)C4O)c3O)C(OC(=O)c3cccc(O)c3O)C2OC(C)=O)OC=C2C(=O)OCCC21. The molecule has 7 N–H and O–H groups in total. The van der Waals surface area contributed by atoms with Crippen molar-refractivity contribution in [3.05, 3.63) is 72.0 Å². The van der Waals surface area contributed by atoms with Gasteiger partial charge in [0.1, 0.15) is 48.3 Å².